The van der Waals surface area contributed by atoms with Gasteiger partial charge in [-0.3, -0.25) is 14.8 Å². The maximum Gasteiger partial charge on any atom is 0.255 e. The predicted octanol–water partition coefficient (Wildman–Crippen LogP) is 4.27. The van der Waals surface area contributed by atoms with Crippen molar-refractivity contribution in [3.8, 4) is 5.75 Å². The van der Waals surface area contributed by atoms with Gasteiger partial charge in [0, 0.05) is 41.1 Å². The summed E-state index contributed by atoms with van der Waals surface area (Å²) in [6, 6.07) is 9.76. The number of nitrogens with one attached hydrogen (secondary N) is 2. The van der Waals surface area contributed by atoms with Crippen molar-refractivity contribution in [2.75, 3.05) is 19.0 Å². The van der Waals surface area contributed by atoms with Crippen LogP contribution >= 0.6 is 15.9 Å². The number of hydrogen-bond donors (Lipinski definition) is 2. The smallest absolute Gasteiger partial charge is 0.255 e. The second-order valence-electron chi connectivity index (χ2n) is 6.91. The average molecular weight is 457 g/mol. The van der Waals surface area contributed by atoms with Crippen LogP contribution in [0.5, 0.6) is 5.75 Å². The van der Waals surface area contributed by atoms with E-state index in [1.165, 1.54) is 5.56 Å². The van der Waals surface area contributed by atoms with Crippen LogP contribution < -0.4 is 15.6 Å². The molecule has 0 saturated carbocycles. The summed E-state index contributed by atoms with van der Waals surface area (Å²) in [6.07, 6.45) is 6.93. The van der Waals surface area contributed by atoms with E-state index >= 15 is 0 Å². The SMILES string of the molecule is COc1ccc(Cc2cnc(NCCCCc3ncc(Br)cc3C)[nH]c2=O)cc1. The molecule has 6 nitrogen and oxygen atoms in total. The second kappa shape index (κ2) is 10.2. The number of aromatic amines is 1. The highest BCUT2D eigenvalue weighted by Gasteiger charge is 2.05. The van der Waals surface area contributed by atoms with Crippen molar-refractivity contribution < 1.29 is 4.74 Å². The lowest BCUT2D eigenvalue weighted by molar-refractivity contribution is 0.414. The van der Waals surface area contributed by atoms with E-state index in [0.29, 0.717) is 17.9 Å². The van der Waals surface area contributed by atoms with Gasteiger partial charge >= 0.3 is 0 Å². The molecule has 2 N–H and O–H groups in total. The van der Waals surface area contributed by atoms with Crippen LogP contribution in [0.15, 0.2) is 52.0 Å². The first-order valence-corrected chi connectivity index (χ1v) is 10.4. The Kier molecular flexibility index (Phi) is 7.41. The highest BCUT2D eigenvalue weighted by atomic mass is 79.9. The summed E-state index contributed by atoms with van der Waals surface area (Å²) in [4.78, 5) is 24.0. The Morgan fingerprint density at radius 3 is 2.62 bits per heavy atom. The van der Waals surface area contributed by atoms with E-state index in [1.807, 2.05) is 30.5 Å². The molecule has 7 heteroatoms. The van der Waals surface area contributed by atoms with Gasteiger partial charge in [-0.25, -0.2) is 4.98 Å². The normalized spacial score (nSPS) is 10.7. The minimum absolute atomic E-state index is 0.118. The number of rotatable bonds is 9. The van der Waals surface area contributed by atoms with Gasteiger partial charge in [0.15, 0.2) is 0 Å². The Balaban J connectivity index is 1.46. The highest BCUT2D eigenvalue weighted by Crippen LogP contribution is 2.15. The van der Waals surface area contributed by atoms with E-state index < -0.39 is 0 Å². The largest absolute Gasteiger partial charge is 0.497 e. The maximum atomic E-state index is 12.3. The van der Waals surface area contributed by atoms with Crippen molar-refractivity contribution in [2.24, 2.45) is 0 Å². The van der Waals surface area contributed by atoms with E-state index in [-0.39, 0.29) is 5.56 Å². The van der Waals surface area contributed by atoms with Crippen molar-refractivity contribution >= 4 is 21.9 Å². The van der Waals surface area contributed by atoms with Crippen LogP contribution in [0.4, 0.5) is 5.95 Å². The van der Waals surface area contributed by atoms with Gasteiger partial charge in [0.25, 0.3) is 5.56 Å². The number of aromatic nitrogens is 3. The first-order valence-electron chi connectivity index (χ1n) is 9.61. The Morgan fingerprint density at radius 2 is 1.93 bits per heavy atom. The summed E-state index contributed by atoms with van der Waals surface area (Å²) in [5, 5.41) is 3.19. The lowest BCUT2D eigenvalue weighted by Crippen LogP contribution is -2.17. The number of anilines is 1. The summed E-state index contributed by atoms with van der Waals surface area (Å²) in [7, 11) is 1.63. The van der Waals surface area contributed by atoms with Crippen molar-refractivity contribution in [1.29, 1.82) is 0 Å². The van der Waals surface area contributed by atoms with E-state index in [2.05, 4.69) is 49.2 Å². The Morgan fingerprint density at radius 1 is 1.14 bits per heavy atom. The number of hydrogen-bond acceptors (Lipinski definition) is 5. The van der Waals surface area contributed by atoms with E-state index in [9.17, 15) is 4.79 Å². The van der Waals surface area contributed by atoms with Gasteiger partial charge in [-0.15, -0.1) is 0 Å². The molecule has 0 aliphatic carbocycles. The summed E-state index contributed by atoms with van der Waals surface area (Å²) in [5.41, 5.74) is 3.88. The van der Waals surface area contributed by atoms with Gasteiger partial charge in [0.05, 0.1) is 7.11 Å². The van der Waals surface area contributed by atoms with Crippen molar-refractivity contribution in [3.05, 3.63) is 79.9 Å². The van der Waals surface area contributed by atoms with Crippen LogP contribution in [0.25, 0.3) is 0 Å². The zero-order valence-electron chi connectivity index (χ0n) is 16.7. The molecule has 0 aliphatic heterocycles. The van der Waals surface area contributed by atoms with Gasteiger partial charge in [-0.2, -0.15) is 0 Å². The van der Waals surface area contributed by atoms with Gasteiger partial charge in [-0.05, 0) is 71.4 Å². The topological polar surface area (TPSA) is 79.9 Å². The third-order valence-corrected chi connectivity index (χ3v) is 5.15. The minimum atomic E-state index is -0.118. The number of halogens is 1. The van der Waals surface area contributed by atoms with Gasteiger partial charge in [0.2, 0.25) is 5.95 Å². The number of methoxy groups -OCH3 is 1. The van der Waals surface area contributed by atoms with E-state index in [1.54, 1.807) is 13.3 Å². The van der Waals surface area contributed by atoms with Crippen LogP contribution in [0.2, 0.25) is 0 Å². The molecule has 0 fully saturated rings. The molecule has 152 valence electrons. The number of nitrogens with zero attached hydrogens (tertiary/aromatic N) is 2. The average Bonchev–Trinajstić information content (AvgIpc) is 2.71. The molecule has 0 spiro atoms. The predicted molar refractivity (Wildman–Crippen MR) is 119 cm³/mol. The summed E-state index contributed by atoms with van der Waals surface area (Å²) in [6.45, 7) is 2.82. The molecule has 0 bridgehead atoms. The third-order valence-electron chi connectivity index (χ3n) is 4.71. The molecule has 1 aromatic carbocycles. The van der Waals surface area contributed by atoms with Gasteiger partial charge in [0.1, 0.15) is 5.75 Å². The van der Waals surface area contributed by atoms with Crippen LogP contribution in [0, 0.1) is 6.92 Å². The van der Waals surface area contributed by atoms with Crippen LogP contribution in [-0.2, 0) is 12.8 Å². The van der Waals surface area contributed by atoms with Crippen LogP contribution in [-0.4, -0.2) is 28.6 Å². The molecule has 0 aliphatic rings. The van der Waals surface area contributed by atoms with E-state index in [4.69, 9.17) is 4.74 Å². The molecule has 0 saturated heterocycles. The zero-order chi connectivity index (χ0) is 20.6. The summed E-state index contributed by atoms with van der Waals surface area (Å²) >= 11 is 3.44. The number of benzene rings is 1. The second-order valence-corrected chi connectivity index (χ2v) is 7.83. The monoisotopic (exact) mass is 456 g/mol. The summed E-state index contributed by atoms with van der Waals surface area (Å²) in [5.74, 6) is 1.30. The van der Waals surface area contributed by atoms with Crippen molar-refractivity contribution in [2.45, 2.75) is 32.6 Å². The van der Waals surface area contributed by atoms with Crippen molar-refractivity contribution in [3.63, 3.8) is 0 Å². The van der Waals surface area contributed by atoms with Gasteiger partial charge < -0.3 is 10.1 Å². The molecule has 3 aromatic rings. The molecule has 2 heterocycles. The highest BCUT2D eigenvalue weighted by molar-refractivity contribution is 9.10. The third kappa shape index (κ3) is 6.15. The molecular formula is C22H25BrN4O2. The van der Waals surface area contributed by atoms with Crippen molar-refractivity contribution in [1.82, 2.24) is 15.0 Å². The fourth-order valence-corrected chi connectivity index (χ4v) is 3.50. The Labute approximate surface area is 178 Å². The van der Waals surface area contributed by atoms with Crippen LogP contribution in [0.1, 0.15) is 35.2 Å². The fraction of sp³-hybridized carbons (Fsp3) is 0.318. The standard InChI is InChI=1S/C22H25BrN4O2/c1-15-11-18(23)14-25-20(15)5-3-4-10-24-22-26-13-17(21(28)27-22)12-16-6-8-19(29-2)9-7-16/h6-9,11,13-14H,3-5,10,12H2,1-2H3,(H2,24,26,27,28). The molecule has 2 aromatic heterocycles. The molecule has 0 radical (unpaired) electrons. The Bertz CT molecular complexity index is 1000. The quantitative estimate of drug-likeness (QED) is 0.469. The van der Waals surface area contributed by atoms with E-state index in [0.717, 1.165) is 47.3 Å². The first-order chi connectivity index (χ1) is 14.0. The molecule has 3 rings (SSSR count). The molecule has 29 heavy (non-hydrogen) atoms. The lowest BCUT2D eigenvalue weighted by Gasteiger charge is -2.08. The number of aryl methyl sites for hydroxylation is 2. The maximum absolute atomic E-state index is 12.3. The minimum Gasteiger partial charge on any atom is -0.497 e. The molecule has 0 amide bonds. The number of ether oxygens (including phenoxy) is 1. The molecular weight excluding hydrogens is 432 g/mol. The molecule has 0 atom stereocenters. The molecule has 0 unspecified atom stereocenters. The number of unbranched alkanes of at least 4 members (excludes halogenated alkanes) is 1. The number of H-pyrrole nitrogens is 1. The first kappa shape index (κ1) is 21.0. The fourth-order valence-electron chi connectivity index (χ4n) is 3.06. The zero-order valence-corrected chi connectivity index (χ0v) is 18.3. The number of pyridine rings is 1. The Hall–Kier alpha value is -2.67. The summed E-state index contributed by atoms with van der Waals surface area (Å²) < 4.78 is 6.16. The van der Waals surface area contributed by atoms with Gasteiger partial charge in [-0.1, -0.05) is 12.1 Å². The van der Waals surface area contributed by atoms with Crippen LogP contribution in [0.3, 0.4) is 0 Å². The lowest BCUT2D eigenvalue weighted by atomic mass is 10.1.